The number of rotatable bonds is 2. The third kappa shape index (κ3) is 3.19. The van der Waals surface area contributed by atoms with Crippen molar-refractivity contribution in [3.63, 3.8) is 0 Å². The normalized spacial score (nSPS) is 23.4. The van der Waals surface area contributed by atoms with E-state index in [-0.39, 0.29) is 30.2 Å². The van der Waals surface area contributed by atoms with Gasteiger partial charge in [-0.25, -0.2) is 0 Å². The van der Waals surface area contributed by atoms with Crippen LogP contribution in [0.3, 0.4) is 0 Å². The summed E-state index contributed by atoms with van der Waals surface area (Å²) in [6, 6.07) is 4.84. The third-order valence-corrected chi connectivity index (χ3v) is 3.69. The fourth-order valence-electron chi connectivity index (χ4n) is 2.43. The highest BCUT2D eigenvalue weighted by atomic mass is 35.5. The summed E-state index contributed by atoms with van der Waals surface area (Å²) in [4.78, 5) is 14.2. The molecule has 0 radical (unpaired) electrons. The molecule has 1 amide bonds. The number of nitrogens with zero attached hydrogens (tertiary/aromatic N) is 1. The van der Waals surface area contributed by atoms with Gasteiger partial charge in [0.1, 0.15) is 5.75 Å². The maximum Gasteiger partial charge on any atom is 0.227 e. The zero-order chi connectivity index (χ0) is 14.0. The number of phenols is 1. The van der Waals surface area contributed by atoms with Gasteiger partial charge in [0.25, 0.3) is 0 Å². The van der Waals surface area contributed by atoms with Crippen LogP contribution in [0, 0.1) is 0 Å². The molecular formula is C14H18ClNO3. The summed E-state index contributed by atoms with van der Waals surface area (Å²) in [5, 5.41) is 9.73. The molecule has 1 saturated heterocycles. The van der Waals surface area contributed by atoms with Crippen LogP contribution in [0.2, 0.25) is 5.02 Å². The van der Waals surface area contributed by atoms with E-state index in [1.165, 1.54) is 6.07 Å². The van der Waals surface area contributed by atoms with Crippen molar-refractivity contribution in [2.45, 2.75) is 32.4 Å². The van der Waals surface area contributed by atoms with Gasteiger partial charge in [-0.3, -0.25) is 4.79 Å². The Balaban J connectivity index is 2.11. The molecule has 1 aromatic rings. The van der Waals surface area contributed by atoms with Gasteiger partial charge in [0, 0.05) is 5.02 Å². The first kappa shape index (κ1) is 14.2. The van der Waals surface area contributed by atoms with Gasteiger partial charge in [-0.1, -0.05) is 17.7 Å². The summed E-state index contributed by atoms with van der Waals surface area (Å²) < 4.78 is 5.41. The second-order valence-electron chi connectivity index (χ2n) is 4.99. The highest BCUT2D eigenvalue weighted by Gasteiger charge is 2.29. The average molecular weight is 284 g/mol. The van der Waals surface area contributed by atoms with Gasteiger partial charge in [0.2, 0.25) is 5.91 Å². The van der Waals surface area contributed by atoms with Crippen LogP contribution < -0.4 is 0 Å². The van der Waals surface area contributed by atoms with E-state index in [4.69, 9.17) is 16.3 Å². The second kappa shape index (κ2) is 5.80. The van der Waals surface area contributed by atoms with Crippen LogP contribution in [0.1, 0.15) is 19.4 Å². The number of hydrogen-bond donors (Lipinski definition) is 1. The zero-order valence-corrected chi connectivity index (χ0v) is 11.9. The Labute approximate surface area is 117 Å². The Morgan fingerprint density at radius 2 is 2.05 bits per heavy atom. The molecule has 1 N–H and O–H groups in total. The minimum atomic E-state index is 0.0379. The number of amides is 1. The van der Waals surface area contributed by atoms with Crippen molar-refractivity contribution < 1.29 is 14.6 Å². The zero-order valence-electron chi connectivity index (χ0n) is 11.1. The SMILES string of the molecule is CC1COCC(C)N1C(=O)Cc1ccc(O)cc1Cl. The first-order valence-electron chi connectivity index (χ1n) is 6.35. The van der Waals surface area contributed by atoms with Crippen molar-refractivity contribution in [3.05, 3.63) is 28.8 Å². The molecule has 1 fully saturated rings. The lowest BCUT2D eigenvalue weighted by molar-refractivity contribution is -0.143. The van der Waals surface area contributed by atoms with Gasteiger partial charge in [0.05, 0.1) is 31.7 Å². The predicted molar refractivity (Wildman–Crippen MR) is 73.4 cm³/mol. The smallest absolute Gasteiger partial charge is 0.227 e. The number of carbonyl (C=O) groups excluding carboxylic acids is 1. The molecule has 1 heterocycles. The molecule has 2 rings (SSSR count). The van der Waals surface area contributed by atoms with Crippen LogP contribution in [0.4, 0.5) is 0 Å². The molecule has 4 nitrogen and oxygen atoms in total. The summed E-state index contributed by atoms with van der Waals surface area (Å²) in [6.07, 6.45) is 0.244. The molecule has 1 aliphatic rings. The molecule has 104 valence electrons. The van der Waals surface area contributed by atoms with Crippen LogP contribution in [0.25, 0.3) is 0 Å². The van der Waals surface area contributed by atoms with Gasteiger partial charge in [-0.2, -0.15) is 0 Å². The molecule has 2 unspecified atom stereocenters. The van der Waals surface area contributed by atoms with E-state index >= 15 is 0 Å². The van der Waals surface area contributed by atoms with Crippen LogP contribution in [0.15, 0.2) is 18.2 Å². The second-order valence-corrected chi connectivity index (χ2v) is 5.40. The van der Waals surface area contributed by atoms with Gasteiger partial charge in [-0.15, -0.1) is 0 Å². The Hall–Kier alpha value is -1.26. The standard InChI is InChI=1S/C14H18ClNO3/c1-9-7-19-8-10(2)16(9)14(18)5-11-3-4-12(17)6-13(11)15/h3-4,6,9-10,17H,5,7-8H2,1-2H3. The third-order valence-electron chi connectivity index (χ3n) is 3.33. The number of phenolic OH excluding ortho intramolecular Hbond substituents is 1. The van der Waals surface area contributed by atoms with Gasteiger partial charge >= 0.3 is 0 Å². The minimum Gasteiger partial charge on any atom is -0.508 e. The van der Waals surface area contributed by atoms with Crippen molar-refractivity contribution in [3.8, 4) is 5.75 Å². The fraction of sp³-hybridized carbons (Fsp3) is 0.500. The first-order chi connectivity index (χ1) is 8.99. The van der Waals surface area contributed by atoms with Crippen LogP contribution in [0.5, 0.6) is 5.75 Å². The number of halogens is 1. The van der Waals surface area contributed by atoms with Gasteiger partial charge in [-0.05, 0) is 31.5 Å². The molecule has 19 heavy (non-hydrogen) atoms. The van der Waals surface area contributed by atoms with Crippen LogP contribution in [-0.2, 0) is 16.0 Å². The van der Waals surface area contributed by atoms with Crippen molar-refractivity contribution >= 4 is 17.5 Å². The molecule has 0 aliphatic carbocycles. The van der Waals surface area contributed by atoms with E-state index in [2.05, 4.69) is 0 Å². The van der Waals surface area contributed by atoms with E-state index < -0.39 is 0 Å². The topological polar surface area (TPSA) is 49.8 Å². The Morgan fingerprint density at radius 3 is 2.63 bits per heavy atom. The fourth-order valence-corrected chi connectivity index (χ4v) is 2.67. The monoisotopic (exact) mass is 283 g/mol. The first-order valence-corrected chi connectivity index (χ1v) is 6.73. The number of ether oxygens (including phenoxy) is 1. The molecule has 0 spiro atoms. The molecule has 0 aromatic heterocycles. The minimum absolute atomic E-state index is 0.0379. The van der Waals surface area contributed by atoms with Crippen LogP contribution >= 0.6 is 11.6 Å². The average Bonchev–Trinajstić information content (AvgIpc) is 2.32. The summed E-state index contributed by atoms with van der Waals surface area (Å²) in [6.45, 7) is 5.09. The van der Waals surface area contributed by atoms with E-state index in [1.54, 1.807) is 12.1 Å². The lowest BCUT2D eigenvalue weighted by Crippen LogP contribution is -2.53. The number of morpholine rings is 1. The summed E-state index contributed by atoms with van der Waals surface area (Å²) in [5.74, 6) is 0.144. The highest BCUT2D eigenvalue weighted by molar-refractivity contribution is 6.31. The molecular weight excluding hydrogens is 266 g/mol. The van der Waals surface area contributed by atoms with Crippen molar-refractivity contribution in [2.75, 3.05) is 13.2 Å². The molecule has 1 aliphatic heterocycles. The molecule has 2 atom stereocenters. The Morgan fingerprint density at radius 1 is 1.42 bits per heavy atom. The predicted octanol–water partition coefficient (Wildman–Crippen LogP) is 2.22. The molecule has 0 saturated carbocycles. The van der Waals surface area contributed by atoms with Crippen molar-refractivity contribution in [1.82, 2.24) is 4.90 Å². The Kier molecular flexibility index (Phi) is 4.32. The lowest BCUT2D eigenvalue weighted by atomic mass is 10.1. The van der Waals surface area contributed by atoms with E-state index in [9.17, 15) is 9.90 Å². The number of carbonyl (C=O) groups is 1. The van der Waals surface area contributed by atoms with E-state index in [0.717, 1.165) is 5.56 Å². The number of aromatic hydroxyl groups is 1. The van der Waals surface area contributed by atoms with Crippen molar-refractivity contribution in [1.29, 1.82) is 0 Å². The summed E-state index contributed by atoms with van der Waals surface area (Å²) in [7, 11) is 0. The largest absolute Gasteiger partial charge is 0.508 e. The summed E-state index contributed by atoms with van der Waals surface area (Å²) in [5.41, 5.74) is 0.732. The maximum atomic E-state index is 12.4. The van der Waals surface area contributed by atoms with E-state index in [1.807, 2.05) is 18.7 Å². The number of hydrogen-bond acceptors (Lipinski definition) is 3. The molecule has 5 heteroatoms. The lowest BCUT2D eigenvalue weighted by Gasteiger charge is -2.39. The maximum absolute atomic E-state index is 12.4. The Bertz CT molecular complexity index is 468. The highest BCUT2D eigenvalue weighted by Crippen LogP contribution is 2.23. The summed E-state index contributed by atoms with van der Waals surface area (Å²) >= 11 is 6.03. The quantitative estimate of drug-likeness (QED) is 0.905. The number of benzene rings is 1. The van der Waals surface area contributed by atoms with E-state index in [0.29, 0.717) is 18.2 Å². The van der Waals surface area contributed by atoms with Crippen LogP contribution in [-0.4, -0.2) is 41.2 Å². The van der Waals surface area contributed by atoms with Gasteiger partial charge in [0.15, 0.2) is 0 Å². The molecule has 0 bridgehead atoms. The van der Waals surface area contributed by atoms with Gasteiger partial charge < -0.3 is 14.7 Å². The molecule has 1 aromatic carbocycles. The van der Waals surface area contributed by atoms with Crippen molar-refractivity contribution in [2.24, 2.45) is 0 Å².